The summed E-state index contributed by atoms with van der Waals surface area (Å²) in [5.41, 5.74) is 1.59. The number of aromatic nitrogens is 2. The maximum Gasteiger partial charge on any atom is 0.251 e. The van der Waals surface area contributed by atoms with E-state index in [4.69, 9.17) is 4.74 Å². The van der Waals surface area contributed by atoms with E-state index in [2.05, 4.69) is 15.5 Å². The lowest BCUT2D eigenvalue weighted by Gasteiger charge is -2.18. The van der Waals surface area contributed by atoms with Crippen LogP contribution in [0.4, 0.5) is 5.82 Å². The lowest BCUT2D eigenvalue weighted by atomic mass is 10.2. The first-order chi connectivity index (χ1) is 7.29. The van der Waals surface area contributed by atoms with Crippen molar-refractivity contribution < 1.29 is 9.53 Å². The average molecular weight is 225 g/mol. The summed E-state index contributed by atoms with van der Waals surface area (Å²) in [5, 5.41) is 9.49. The van der Waals surface area contributed by atoms with Gasteiger partial charge in [0.15, 0.2) is 5.82 Å². The lowest BCUT2D eigenvalue weighted by Crippen LogP contribution is -2.27. The summed E-state index contributed by atoms with van der Waals surface area (Å²) in [5.74, 6) is 0.379. The zero-order valence-electron chi connectivity index (χ0n) is 10.5. The molecular formula is C11H19N3O2. The Kier molecular flexibility index (Phi) is 3.70. The molecular weight excluding hydrogens is 206 g/mol. The van der Waals surface area contributed by atoms with E-state index in [9.17, 15) is 4.79 Å². The summed E-state index contributed by atoms with van der Waals surface area (Å²) in [6.07, 6.45) is 0. The molecule has 0 aliphatic rings. The van der Waals surface area contributed by atoms with Crippen LogP contribution in [0.2, 0.25) is 0 Å². The van der Waals surface area contributed by atoms with Crippen molar-refractivity contribution in [2.75, 3.05) is 11.9 Å². The van der Waals surface area contributed by atoms with E-state index in [-0.39, 0.29) is 18.1 Å². The average Bonchev–Trinajstić information content (AvgIpc) is 2.46. The van der Waals surface area contributed by atoms with Gasteiger partial charge in [0.2, 0.25) is 0 Å². The molecule has 0 aromatic carbocycles. The number of nitrogens with one attached hydrogen (secondary N) is 2. The number of nitrogens with zero attached hydrogens (tertiary/aromatic N) is 1. The highest BCUT2D eigenvalue weighted by Crippen LogP contribution is 2.13. The van der Waals surface area contributed by atoms with Gasteiger partial charge in [0.05, 0.1) is 5.60 Å². The van der Waals surface area contributed by atoms with Crippen LogP contribution in [0.1, 0.15) is 32.0 Å². The van der Waals surface area contributed by atoms with E-state index in [0.717, 1.165) is 11.3 Å². The van der Waals surface area contributed by atoms with Crippen molar-refractivity contribution in [3.8, 4) is 0 Å². The third-order valence-electron chi connectivity index (χ3n) is 2.15. The minimum Gasteiger partial charge on any atom is -0.366 e. The van der Waals surface area contributed by atoms with Crippen LogP contribution in [0.3, 0.4) is 0 Å². The predicted octanol–water partition coefficient (Wildman–Crippen LogP) is 1.78. The molecule has 90 valence electrons. The zero-order chi connectivity index (χ0) is 12.3. The van der Waals surface area contributed by atoms with Crippen LogP contribution in [0, 0.1) is 13.8 Å². The second-order valence-corrected chi connectivity index (χ2v) is 4.77. The number of carbonyl (C=O) groups is 1. The summed E-state index contributed by atoms with van der Waals surface area (Å²) in [4.78, 5) is 11.5. The molecule has 0 fully saturated rings. The Bertz CT molecular complexity index is 377. The fourth-order valence-corrected chi connectivity index (χ4v) is 1.06. The van der Waals surface area contributed by atoms with Crippen molar-refractivity contribution in [1.29, 1.82) is 0 Å². The second-order valence-electron chi connectivity index (χ2n) is 4.77. The van der Waals surface area contributed by atoms with Crippen LogP contribution in [-0.2, 0) is 9.53 Å². The molecule has 1 aromatic heterocycles. The van der Waals surface area contributed by atoms with Crippen LogP contribution in [0.5, 0.6) is 0 Å². The summed E-state index contributed by atoms with van der Waals surface area (Å²) >= 11 is 0. The van der Waals surface area contributed by atoms with E-state index in [0.29, 0.717) is 5.82 Å². The number of hydrogen-bond donors (Lipinski definition) is 2. The quantitative estimate of drug-likeness (QED) is 0.824. The number of amides is 1. The molecule has 5 nitrogen and oxygen atoms in total. The molecule has 0 unspecified atom stereocenters. The third-order valence-corrected chi connectivity index (χ3v) is 2.15. The molecule has 0 radical (unpaired) electrons. The molecule has 0 saturated carbocycles. The monoisotopic (exact) mass is 225 g/mol. The summed E-state index contributed by atoms with van der Waals surface area (Å²) in [6, 6.07) is 0. The van der Waals surface area contributed by atoms with E-state index in [1.165, 1.54) is 0 Å². The highest BCUT2D eigenvalue weighted by atomic mass is 16.5. The van der Waals surface area contributed by atoms with Crippen LogP contribution in [0.25, 0.3) is 0 Å². The van der Waals surface area contributed by atoms with Gasteiger partial charge < -0.3 is 10.1 Å². The first-order valence-electron chi connectivity index (χ1n) is 5.25. The summed E-state index contributed by atoms with van der Waals surface area (Å²) < 4.78 is 5.36. The van der Waals surface area contributed by atoms with Gasteiger partial charge in [-0.15, -0.1) is 0 Å². The highest BCUT2D eigenvalue weighted by Gasteiger charge is 2.14. The van der Waals surface area contributed by atoms with Crippen LogP contribution < -0.4 is 5.32 Å². The smallest absolute Gasteiger partial charge is 0.251 e. The number of aromatic amines is 1. The number of ether oxygens (including phenoxy) is 1. The largest absolute Gasteiger partial charge is 0.366 e. The third kappa shape index (κ3) is 3.66. The van der Waals surface area contributed by atoms with Gasteiger partial charge in [-0.2, -0.15) is 5.10 Å². The molecule has 0 aliphatic carbocycles. The number of hydrogen-bond acceptors (Lipinski definition) is 3. The number of anilines is 1. The van der Waals surface area contributed by atoms with E-state index in [1.807, 2.05) is 34.6 Å². The highest BCUT2D eigenvalue weighted by molar-refractivity contribution is 5.91. The molecule has 0 bridgehead atoms. The maximum absolute atomic E-state index is 11.5. The second kappa shape index (κ2) is 4.65. The standard InChI is InChI=1S/C11H19N3O2/c1-7-8(2)13-14-10(7)12-9(15)6-16-11(3,4)5/h6H2,1-5H3,(H2,12,13,14,15). The maximum atomic E-state index is 11.5. The van der Waals surface area contributed by atoms with Crippen molar-refractivity contribution in [3.63, 3.8) is 0 Å². The van der Waals surface area contributed by atoms with Crippen molar-refractivity contribution in [2.45, 2.75) is 40.2 Å². The minimum absolute atomic E-state index is 0.0366. The zero-order valence-corrected chi connectivity index (χ0v) is 10.5. The van der Waals surface area contributed by atoms with Crippen molar-refractivity contribution in [1.82, 2.24) is 10.2 Å². The van der Waals surface area contributed by atoms with Gasteiger partial charge in [-0.1, -0.05) is 0 Å². The van der Waals surface area contributed by atoms with Gasteiger partial charge in [0.25, 0.3) is 5.91 Å². The Balaban J connectivity index is 2.49. The molecule has 1 amide bonds. The fourth-order valence-electron chi connectivity index (χ4n) is 1.06. The van der Waals surface area contributed by atoms with E-state index in [1.54, 1.807) is 0 Å². The molecule has 1 aromatic rings. The summed E-state index contributed by atoms with van der Waals surface area (Å²) in [6.45, 7) is 9.57. The normalized spacial score (nSPS) is 11.6. The van der Waals surface area contributed by atoms with Gasteiger partial charge in [0.1, 0.15) is 6.61 Å². The van der Waals surface area contributed by atoms with E-state index >= 15 is 0 Å². The van der Waals surface area contributed by atoms with Gasteiger partial charge in [-0.05, 0) is 34.6 Å². The SMILES string of the molecule is Cc1[nH]nc(NC(=O)COC(C)(C)C)c1C. The van der Waals surface area contributed by atoms with Crippen LogP contribution in [-0.4, -0.2) is 28.3 Å². The fraction of sp³-hybridized carbons (Fsp3) is 0.636. The first kappa shape index (κ1) is 12.7. The minimum atomic E-state index is -0.312. The lowest BCUT2D eigenvalue weighted by molar-refractivity contribution is -0.125. The van der Waals surface area contributed by atoms with Crippen molar-refractivity contribution >= 4 is 11.7 Å². The van der Waals surface area contributed by atoms with Gasteiger partial charge in [0, 0.05) is 11.3 Å². The number of carbonyl (C=O) groups excluding carboxylic acids is 1. The molecule has 5 heteroatoms. The molecule has 2 N–H and O–H groups in total. The number of H-pyrrole nitrogens is 1. The molecule has 0 aliphatic heterocycles. The van der Waals surface area contributed by atoms with Crippen LogP contribution >= 0.6 is 0 Å². The van der Waals surface area contributed by atoms with Crippen LogP contribution in [0.15, 0.2) is 0 Å². The van der Waals surface area contributed by atoms with E-state index < -0.39 is 0 Å². The topological polar surface area (TPSA) is 67.0 Å². The van der Waals surface area contributed by atoms with Crippen molar-refractivity contribution in [3.05, 3.63) is 11.3 Å². The molecule has 0 spiro atoms. The predicted molar refractivity (Wildman–Crippen MR) is 62.4 cm³/mol. The Morgan fingerprint density at radius 2 is 2.06 bits per heavy atom. The Labute approximate surface area is 95.6 Å². The Hall–Kier alpha value is -1.36. The molecule has 1 heterocycles. The van der Waals surface area contributed by atoms with Crippen molar-refractivity contribution in [2.24, 2.45) is 0 Å². The Morgan fingerprint density at radius 3 is 2.50 bits per heavy atom. The molecule has 0 atom stereocenters. The van der Waals surface area contributed by atoms with Gasteiger partial charge in [-0.25, -0.2) is 0 Å². The molecule has 0 saturated heterocycles. The summed E-state index contributed by atoms with van der Waals surface area (Å²) in [7, 11) is 0. The first-order valence-corrected chi connectivity index (χ1v) is 5.25. The van der Waals surface area contributed by atoms with Gasteiger partial charge >= 0.3 is 0 Å². The van der Waals surface area contributed by atoms with Gasteiger partial charge in [-0.3, -0.25) is 9.89 Å². The number of aryl methyl sites for hydroxylation is 1. The number of rotatable bonds is 3. The molecule has 1 rings (SSSR count). The Morgan fingerprint density at radius 1 is 1.44 bits per heavy atom. The molecule has 16 heavy (non-hydrogen) atoms.